The third kappa shape index (κ3) is 4.47. The van der Waals surface area contributed by atoms with Crippen LogP contribution in [0.15, 0.2) is 24.3 Å². The Morgan fingerprint density at radius 1 is 1.43 bits per heavy atom. The lowest BCUT2D eigenvalue weighted by molar-refractivity contribution is -0.142. The van der Waals surface area contributed by atoms with Crippen molar-refractivity contribution in [2.75, 3.05) is 13.1 Å². The van der Waals surface area contributed by atoms with Gasteiger partial charge in [-0.2, -0.15) is 5.21 Å². The zero-order chi connectivity index (χ0) is 20.1. The van der Waals surface area contributed by atoms with Gasteiger partial charge in [0, 0.05) is 24.9 Å². The highest BCUT2D eigenvalue weighted by molar-refractivity contribution is 5.75. The monoisotopic (exact) mass is 385 g/mol. The van der Waals surface area contributed by atoms with Crippen molar-refractivity contribution < 1.29 is 9.90 Å². The summed E-state index contributed by atoms with van der Waals surface area (Å²) in [5.74, 6) is -0.792. The molecule has 9 nitrogen and oxygen atoms in total. The summed E-state index contributed by atoms with van der Waals surface area (Å²) in [7, 11) is 0. The number of hydrogen-bond acceptors (Lipinski definition) is 5. The summed E-state index contributed by atoms with van der Waals surface area (Å²) in [6, 6.07) is 8.27. The minimum absolute atomic E-state index is 0.123. The van der Waals surface area contributed by atoms with Crippen molar-refractivity contribution in [1.82, 2.24) is 25.5 Å². The summed E-state index contributed by atoms with van der Waals surface area (Å²) in [6.45, 7) is 3.54. The first kappa shape index (κ1) is 19.8. The highest BCUT2D eigenvalue weighted by Crippen LogP contribution is 2.31. The quantitative estimate of drug-likeness (QED) is 0.400. The van der Waals surface area contributed by atoms with E-state index in [1.165, 1.54) is 5.56 Å². The number of nitrogens with one attached hydrogen (secondary N) is 2. The van der Waals surface area contributed by atoms with Crippen molar-refractivity contribution in [2.45, 2.75) is 44.4 Å². The molecule has 28 heavy (non-hydrogen) atoms. The predicted octanol–water partition coefficient (Wildman–Crippen LogP) is 1.71. The van der Waals surface area contributed by atoms with E-state index >= 15 is 0 Å². The third-order valence-electron chi connectivity index (χ3n) is 5.53. The van der Waals surface area contributed by atoms with Crippen molar-refractivity contribution in [3.63, 3.8) is 0 Å². The molecule has 3 unspecified atom stereocenters. The zero-order valence-electron chi connectivity index (χ0n) is 16.0. The first-order valence-electron chi connectivity index (χ1n) is 9.63. The van der Waals surface area contributed by atoms with Crippen molar-refractivity contribution in [2.24, 2.45) is 11.7 Å². The molecule has 0 aliphatic carbocycles. The molecule has 1 saturated heterocycles. The molecule has 0 saturated carbocycles. The Hall–Kier alpha value is -2.97. The molecular formula is C19H27N7O2. The van der Waals surface area contributed by atoms with Gasteiger partial charge in [-0.3, -0.25) is 10.2 Å². The molecule has 3 rings (SSSR count). The van der Waals surface area contributed by atoms with E-state index in [1.54, 1.807) is 0 Å². The van der Waals surface area contributed by atoms with Crippen LogP contribution in [0.25, 0.3) is 0 Å². The van der Waals surface area contributed by atoms with Crippen molar-refractivity contribution in [3.8, 4) is 0 Å². The van der Waals surface area contributed by atoms with Crippen molar-refractivity contribution >= 4 is 11.9 Å². The van der Waals surface area contributed by atoms with E-state index in [0.29, 0.717) is 24.6 Å². The number of aliphatic carboxylic acids is 1. The van der Waals surface area contributed by atoms with Gasteiger partial charge in [0.1, 0.15) is 0 Å². The van der Waals surface area contributed by atoms with Crippen LogP contribution in [0.2, 0.25) is 0 Å². The number of nitrogens with two attached hydrogens (primary N) is 1. The zero-order valence-corrected chi connectivity index (χ0v) is 16.0. The van der Waals surface area contributed by atoms with Gasteiger partial charge in [0.2, 0.25) is 0 Å². The number of benzene rings is 1. The summed E-state index contributed by atoms with van der Waals surface area (Å²) in [6.07, 6.45) is 2.86. The van der Waals surface area contributed by atoms with Crippen LogP contribution in [-0.4, -0.2) is 55.6 Å². The lowest BCUT2D eigenvalue weighted by Crippen LogP contribution is -2.34. The van der Waals surface area contributed by atoms with E-state index in [0.717, 1.165) is 31.5 Å². The molecule has 3 atom stereocenters. The summed E-state index contributed by atoms with van der Waals surface area (Å²) in [4.78, 5) is 13.7. The molecule has 2 aromatic rings. The Morgan fingerprint density at radius 3 is 2.71 bits per heavy atom. The van der Waals surface area contributed by atoms with E-state index in [-0.39, 0.29) is 11.9 Å². The van der Waals surface area contributed by atoms with Gasteiger partial charge in [0.05, 0.1) is 5.92 Å². The maximum atomic E-state index is 11.8. The van der Waals surface area contributed by atoms with Gasteiger partial charge in [-0.1, -0.05) is 42.8 Å². The number of hydrogen-bond donors (Lipinski definition) is 4. The fourth-order valence-electron chi connectivity index (χ4n) is 3.98. The van der Waals surface area contributed by atoms with Crippen LogP contribution in [-0.2, 0) is 11.2 Å². The van der Waals surface area contributed by atoms with Gasteiger partial charge >= 0.3 is 5.97 Å². The maximum Gasteiger partial charge on any atom is 0.307 e. The van der Waals surface area contributed by atoms with Gasteiger partial charge in [-0.15, -0.1) is 10.2 Å². The topological polar surface area (TPSA) is 145 Å². The van der Waals surface area contributed by atoms with E-state index < -0.39 is 11.9 Å². The molecule has 1 aliphatic heterocycles. The first-order valence-corrected chi connectivity index (χ1v) is 9.63. The number of guanidine groups is 1. The lowest BCUT2D eigenvalue weighted by Gasteiger charge is -2.21. The standard InChI is InChI=1S/C19H27N7O2/c1-2-3-15(18(27)28)16(17-22-24-25-23-17)10-12-4-6-13(7-5-12)14-8-9-26(11-14)19(20)21/h4-7,14-16H,2-3,8-11H2,1H3,(H3,20,21)(H,27,28)(H,22,23,24,25). The molecule has 1 fully saturated rings. The van der Waals surface area contributed by atoms with Crippen LogP contribution in [0, 0.1) is 11.3 Å². The Morgan fingerprint density at radius 2 is 2.18 bits per heavy atom. The lowest BCUT2D eigenvalue weighted by atomic mass is 9.83. The molecular weight excluding hydrogens is 358 g/mol. The Bertz CT molecular complexity index is 791. The molecule has 2 heterocycles. The number of aromatic amines is 1. The molecule has 0 amide bonds. The smallest absolute Gasteiger partial charge is 0.307 e. The molecule has 0 spiro atoms. The number of nitrogens with zero attached hydrogens (tertiary/aromatic N) is 4. The summed E-state index contributed by atoms with van der Waals surface area (Å²) in [5.41, 5.74) is 7.84. The van der Waals surface area contributed by atoms with Gasteiger partial charge in [-0.05, 0) is 30.4 Å². The second-order valence-corrected chi connectivity index (χ2v) is 7.37. The summed E-state index contributed by atoms with van der Waals surface area (Å²) < 4.78 is 0. The van der Waals surface area contributed by atoms with E-state index in [4.69, 9.17) is 11.1 Å². The highest BCUT2D eigenvalue weighted by atomic mass is 16.4. The van der Waals surface area contributed by atoms with Crippen molar-refractivity contribution in [1.29, 1.82) is 5.41 Å². The number of aromatic nitrogens is 4. The molecule has 9 heteroatoms. The van der Waals surface area contributed by atoms with E-state index in [9.17, 15) is 9.90 Å². The number of rotatable bonds is 8. The van der Waals surface area contributed by atoms with Crippen molar-refractivity contribution in [3.05, 3.63) is 41.2 Å². The van der Waals surface area contributed by atoms with Gasteiger partial charge in [-0.25, -0.2) is 0 Å². The first-order chi connectivity index (χ1) is 13.5. The predicted molar refractivity (Wildman–Crippen MR) is 104 cm³/mol. The average Bonchev–Trinajstić information content (AvgIpc) is 3.36. The van der Waals surface area contributed by atoms with E-state index in [1.807, 2.05) is 24.0 Å². The minimum Gasteiger partial charge on any atom is -0.481 e. The SMILES string of the molecule is CCCC(C(=O)O)C(Cc1ccc(C2CCN(C(=N)N)C2)cc1)c1nn[nH]n1. The van der Waals surface area contributed by atoms with Gasteiger partial charge in [0.25, 0.3) is 0 Å². The number of carbonyl (C=O) groups is 1. The summed E-state index contributed by atoms with van der Waals surface area (Å²) in [5, 5.41) is 31.4. The largest absolute Gasteiger partial charge is 0.481 e. The number of tetrazole rings is 1. The molecule has 5 N–H and O–H groups in total. The second-order valence-electron chi connectivity index (χ2n) is 7.37. The normalized spacial score (nSPS) is 18.8. The van der Waals surface area contributed by atoms with Crippen LogP contribution in [0.4, 0.5) is 0 Å². The molecule has 1 aromatic carbocycles. The van der Waals surface area contributed by atoms with E-state index in [2.05, 4.69) is 32.8 Å². The fraction of sp³-hybridized carbons (Fsp3) is 0.526. The number of carboxylic acids is 1. The molecule has 0 radical (unpaired) electrons. The Kier molecular flexibility index (Phi) is 6.23. The third-order valence-corrected chi connectivity index (χ3v) is 5.53. The van der Waals surface area contributed by atoms with Crippen LogP contribution in [0.1, 0.15) is 55.0 Å². The number of carboxylic acid groups (broad SMARTS) is 1. The van der Waals surface area contributed by atoms with Gasteiger partial charge in [0.15, 0.2) is 11.8 Å². The van der Waals surface area contributed by atoms with Crippen LogP contribution in [0.3, 0.4) is 0 Å². The molecule has 0 bridgehead atoms. The maximum absolute atomic E-state index is 11.8. The molecule has 1 aliphatic rings. The summed E-state index contributed by atoms with van der Waals surface area (Å²) >= 11 is 0. The fourth-order valence-corrected chi connectivity index (χ4v) is 3.98. The molecule has 1 aromatic heterocycles. The van der Waals surface area contributed by atoms with Gasteiger partial charge < -0.3 is 15.7 Å². The van der Waals surface area contributed by atoms with Crippen LogP contribution in [0.5, 0.6) is 0 Å². The Labute approximate surface area is 163 Å². The second kappa shape index (κ2) is 8.81. The Balaban J connectivity index is 1.74. The number of H-pyrrole nitrogens is 1. The molecule has 150 valence electrons. The van der Waals surface area contributed by atoms with Crippen LogP contribution >= 0.6 is 0 Å². The average molecular weight is 385 g/mol. The highest BCUT2D eigenvalue weighted by Gasteiger charge is 2.32. The van der Waals surface area contributed by atoms with Crippen LogP contribution < -0.4 is 5.73 Å². The minimum atomic E-state index is -0.830. The number of likely N-dealkylation sites (tertiary alicyclic amines) is 1.